The van der Waals surface area contributed by atoms with Crippen molar-refractivity contribution >= 4 is 5.69 Å². The highest BCUT2D eigenvalue weighted by molar-refractivity contribution is 5.46. The molecule has 19 heavy (non-hydrogen) atoms. The normalized spacial score (nSPS) is 10.4. The summed E-state index contributed by atoms with van der Waals surface area (Å²) < 4.78 is 0. The first-order valence-electron chi connectivity index (χ1n) is 6.20. The summed E-state index contributed by atoms with van der Waals surface area (Å²) in [4.78, 5) is 2.18. The molecule has 3 heteroatoms. The maximum absolute atomic E-state index is 8.89. The van der Waals surface area contributed by atoms with Crippen molar-refractivity contribution in [1.82, 2.24) is 4.90 Å². The van der Waals surface area contributed by atoms with E-state index in [9.17, 15) is 0 Å². The van der Waals surface area contributed by atoms with Crippen LogP contribution in [0.5, 0.6) is 0 Å². The first-order valence-corrected chi connectivity index (χ1v) is 6.20. The van der Waals surface area contributed by atoms with Crippen LogP contribution in [0.25, 0.3) is 0 Å². The van der Waals surface area contributed by atoms with Crippen molar-refractivity contribution in [1.29, 1.82) is 5.26 Å². The fourth-order valence-corrected chi connectivity index (χ4v) is 2.08. The largest absolute Gasteiger partial charge is 0.398 e. The third-order valence-electron chi connectivity index (χ3n) is 3.00. The molecular formula is C16H17N3. The molecule has 0 aliphatic carbocycles. The van der Waals surface area contributed by atoms with Crippen molar-refractivity contribution in [2.75, 3.05) is 12.8 Å². The molecule has 2 aromatic carbocycles. The smallest absolute Gasteiger partial charge is 0.0991 e. The third kappa shape index (κ3) is 3.57. The lowest BCUT2D eigenvalue weighted by Gasteiger charge is -2.18. The molecule has 2 rings (SSSR count). The third-order valence-corrected chi connectivity index (χ3v) is 3.00. The molecule has 0 atom stereocenters. The molecule has 0 amide bonds. The molecule has 0 radical (unpaired) electrons. The van der Waals surface area contributed by atoms with Crippen LogP contribution in [0.15, 0.2) is 48.5 Å². The van der Waals surface area contributed by atoms with Gasteiger partial charge in [0.15, 0.2) is 0 Å². The van der Waals surface area contributed by atoms with Crippen molar-refractivity contribution < 1.29 is 0 Å². The molecule has 0 spiro atoms. The molecule has 96 valence electrons. The molecule has 0 saturated carbocycles. The predicted octanol–water partition coefficient (Wildman–Crippen LogP) is 2.77. The molecular weight excluding hydrogens is 234 g/mol. The van der Waals surface area contributed by atoms with Crippen molar-refractivity contribution in [2.45, 2.75) is 13.1 Å². The second kappa shape index (κ2) is 6.03. The zero-order valence-corrected chi connectivity index (χ0v) is 11.0. The van der Waals surface area contributed by atoms with Crippen LogP contribution in [-0.4, -0.2) is 11.9 Å². The second-order valence-electron chi connectivity index (χ2n) is 4.68. The van der Waals surface area contributed by atoms with E-state index < -0.39 is 0 Å². The first-order chi connectivity index (χ1) is 9.19. The molecule has 0 aliphatic rings. The van der Waals surface area contributed by atoms with Gasteiger partial charge in [0.25, 0.3) is 0 Å². The van der Waals surface area contributed by atoms with E-state index in [0.717, 1.165) is 29.9 Å². The van der Waals surface area contributed by atoms with Crippen LogP contribution in [0, 0.1) is 11.3 Å². The zero-order valence-electron chi connectivity index (χ0n) is 11.0. The quantitative estimate of drug-likeness (QED) is 0.850. The Hall–Kier alpha value is -2.31. The van der Waals surface area contributed by atoms with Gasteiger partial charge in [-0.1, -0.05) is 30.3 Å². The van der Waals surface area contributed by atoms with Crippen LogP contribution < -0.4 is 5.73 Å². The van der Waals surface area contributed by atoms with Gasteiger partial charge in [0.2, 0.25) is 0 Å². The van der Waals surface area contributed by atoms with Crippen LogP contribution in [0.3, 0.4) is 0 Å². The number of benzene rings is 2. The zero-order chi connectivity index (χ0) is 13.7. The summed E-state index contributed by atoms with van der Waals surface area (Å²) in [7, 11) is 2.05. The van der Waals surface area contributed by atoms with E-state index in [2.05, 4.69) is 11.0 Å². The van der Waals surface area contributed by atoms with Gasteiger partial charge in [0, 0.05) is 18.8 Å². The first kappa shape index (κ1) is 13.1. The summed E-state index contributed by atoms with van der Waals surface area (Å²) >= 11 is 0. The van der Waals surface area contributed by atoms with Gasteiger partial charge in [-0.2, -0.15) is 5.26 Å². The molecule has 2 aromatic rings. The van der Waals surface area contributed by atoms with Crippen molar-refractivity contribution in [3.05, 3.63) is 65.2 Å². The van der Waals surface area contributed by atoms with Gasteiger partial charge in [-0.15, -0.1) is 0 Å². The number of para-hydroxylation sites is 1. The molecule has 0 fully saturated rings. The number of hydrogen-bond donors (Lipinski definition) is 1. The van der Waals surface area contributed by atoms with Crippen molar-refractivity contribution in [3.8, 4) is 6.07 Å². The lowest BCUT2D eigenvalue weighted by atomic mass is 10.1. The van der Waals surface area contributed by atoms with E-state index in [1.165, 1.54) is 0 Å². The molecule has 2 N–H and O–H groups in total. The Morgan fingerprint density at radius 3 is 2.63 bits per heavy atom. The van der Waals surface area contributed by atoms with Gasteiger partial charge in [0.1, 0.15) is 0 Å². The Kier molecular flexibility index (Phi) is 4.17. The summed E-state index contributed by atoms with van der Waals surface area (Å²) in [5, 5.41) is 8.89. The van der Waals surface area contributed by atoms with Crippen molar-refractivity contribution in [2.24, 2.45) is 0 Å². The number of nitrogen functional groups attached to an aromatic ring is 1. The van der Waals surface area contributed by atoms with E-state index in [-0.39, 0.29) is 0 Å². The van der Waals surface area contributed by atoms with E-state index in [1.54, 1.807) is 0 Å². The summed E-state index contributed by atoms with van der Waals surface area (Å²) in [6, 6.07) is 17.7. The fraction of sp³-hybridized carbons (Fsp3) is 0.188. The number of nitriles is 1. The van der Waals surface area contributed by atoms with Crippen LogP contribution in [-0.2, 0) is 13.1 Å². The van der Waals surface area contributed by atoms with E-state index in [0.29, 0.717) is 5.56 Å². The molecule has 0 unspecified atom stereocenters. The number of hydrogen-bond acceptors (Lipinski definition) is 3. The topological polar surface area (TPSA) is 53.0 Å². The Morgan fingerprint density at radius 1 is 1.11 bits per heavy atom. The van der Waals surface area contributed by atoms with Gasteiger partial charge in [-0.05, 0) is 36.4 Å². The van der Waals surface area contributed by atoms with E-state index >= 15 is 0 Å². The Labute approximate surface area is 113 Å². The minimum atomic E-state index is 0.699. The molecule has 0 heterocycles. The molecule has 3 nitrogen and oxygen atoms in total. The number of anilines is 1. The Morgan fingerprint density at radius 2 is 1.89 bits per heavy atom. The van der Waals surface area contributed by atoms with Crippen LogP contribution >= 0.6 is 0 Å². The highest BCUT2D eigenvalue weighted by Crippen LogP contribution is 2.14. The minimum absolute atomic E-state index is 0.699. The fourth-order valence-electron chi connectivity index (χ4n) is 2.08. The van der Waals surface area contributed by atoms with Crippen LogP contribution in [0.2, 0.25) is 0 Å². The Balaban J connectivity index is 2.03. The van der Waals surface area contributed by atoms with Gasteiger partial charge in [0.05, 0.1) is 11.6 Å². The monoisotopic (exact) mass is 251 g/mol. The minimum Gasteiger partial charge on any atom is -0.398 e. The van der Waals surface area contributed by atoms with E-state index in [1.807, 2.05) is 55.6 Å². The highest BCUT2D eigenvalue weighted by atomic mass is 15.1. The van der Waals surface area contributed by atoms with Crippen molar-refractivity contribution in [3.63, 3.8) is 0 Å². The molecule has 0 bridgehead atoms. The second-order valence-corrected chi connectivity index (χ2v) is 4.68. The maximum Gasteiger partial charge on any atom is 0.0991 e. The van der Waals surface area contributed by atoms with Gasteiger partial charge < -0.3 is 5.73 Å². The number of nitrogens with zero attached hydrogens (tertiary/aromatic N) is 2. The van der Waals surface area contributed by atoms with Crippen LogP contribution in [0.4, 0.5) is 5.69 Å². The molecule has 0 aromatic heterocycles. The average Bonchev–Trinajstić information content (AvgIpc) is 2.41. The number of rotatable bonds is 4. The summed E-state index contributed by atoms with van der Waals surface area (Å²) in [6.07, 6.45) is 0. The lowest BCUT2D eigenvalue weighted by molar-refractivity contribution is 0.319. The summed E-state index contributed by atoms with van der Waals surface area (Å²) in [5.74, 6) is 0. The van der Waals surface area contributed by atoms with Gasteiger partial charge >= 0.3 is 0 Å². The summed E-state index contributed by atoms with van der Waals surface area (Å²) in [5.41, 5.74) is 9.72. The predicted molar refractivity (Wildman–Crippen MR) is 77.2 cm³/mol. The SMILES string of the molecule is CN(Cc1cccc(C#N)c1)Cc1ccccc1N. The van der Waals surface area contributed by atoms with E-state index in [4.69, 9.17) is 11.0 Å². The summed E-state index contributed by atoms with van der Waals surface area (Å²) in [6.45, 7) is 1.59. The molecule has 0 saturated heterocycles. The highest BCUT2D eigenvalue weighted by Gasteiger charge is 2.04. The van der Waals surface area contributed by atoms with Crippen LogP contribution in [0.1, 0.15) is 16.7 Å². The Bertz CT molecular complexity index is 599. The van der Waals surface area contributed by atoms with Gasteiger partial charge in [-0.3, -0.25) is 4.90 Å². The number of nitrogens with two attached hydrogens (primary N) is 1. The van der Waals surface area contributed by atoms with Gasteiger partial charge in [-0.25, -0.2) is 0 Å². The standard InChI is InChI=1S/C16H17N3/c1-19(12-15-7-2-3-8-16(15)18)11-14-6-4-5-13(9-14)10-17/h2-9H,11-12,18H2,1H3. The average molecular weight is 251 g/mol. The maximum atomic E-state index is 8.89. The molecule has 0 aliphatic heterocycles. The lowest BCUT2D eigenvalue weighted by Crippen LogP contribution is -2.18.